The largest absolute Gasteiger partial charge is 0.393 e. The Kier molecular flexibility index (Phi) is 6.83. The van der Waals surface area contributed by atoms with Crippen molar-refractivity contribution >= 4 is 5.91 Å². The molecule has 166 valence electrons. The number of carbonyl (C=O) groups is 1. The monoisotopic (exact) mass is 431 g/mol. The van der Waals surface area contributed by atoms with E-state index < -0.39 is 11.5 Å². The molecule has 4 rings (SSSR count). The Hall–Kier alpha value is -3.22. The number of aromatic amines is 1. The standard InChI is InChI=1S/C26H29N3O3/c1-18-3-2-4-21(15-18)24-10-9-23(26(32)28-24)25(31)27-16-19-5-7-20(8-6-19)17-29-13-11-22(30)12-14-29/h2-10,15,22,30H,11-14,16-17H2,1H3,(H,27,31)(H,28,32). The molecular formula is C26H29N3O3. The molecule has 2 aromatic carbocycles. The molecule has 6 heteroatoms. The van der Waals surface area contributed by atoms with Crippen molar-refractivity contribution in [1.29, 1.82) is 0 Å². The minimum absolute atomic E-state index is 0.102. The molecule has 2 heterocycles. The van der Waals surface area contributed by atoms with Crippen molar-refractivity contribution in [3.05, 3.63) is 93.3 Å². The predicted octanol–water partition coefficient (Wildman–Crippen LogP) is 3.24. The molecule has 32 heavy (non-hydrogen) atoms. The molecule has 1 aliphatic rings. The molecule has 0 aliphatic carbocycles. The number of nitrogens with one attached hydrogen (secondary N) is 2. The van der Waals surface area contributed by atoms with Gasteiger partial charge in [-0.05, 0) is 54.7 Å². The van der Waals surface area contributed by atoms with Crippen LogP contribution in [0.4, 0.5) is 0 Å². The van der Waals surface area contributed by atoms with Crippen molar-refractivity contribution in [2.24, 2.45) is 0 Å². The van der Waals surface area contributed by atoms with Gasteiger partial charge in [-0.1, -0.05) is 48.0 Å². The lowest BCUT2D eigenvalue weighted by Gasteiger charge is -2.29. The smallest absolute Gasteiger partial charge is 0.261 e. The van der Waals surface area contributed by atoms with E-state index in [-0.39, 0.29) is 11.7 Å². The van der Waals surface area contributed by atoms with Crippen LogP contribution in [0.5, 0.6) is 0 Å². The summed E-state index contributed by atoms with van der Waals surface area (Å²) in [5.41, 5.74) is 4.59. The molecule has 1 fully saturated rings. The van der Waals surface area contributed by atoms with Crippen LogP contribution in [0.25, 0.3) is 11.3 Å². The summed E-state index contributed by atoms with van der Waals surface area (Å²) in [6.45, 7) is 5.04. The fourth-order valence-corrected chi connectivity index (χ4v) is 4.01. The molecular weight excluding hydrogens is 402 g/mol. The number of nitrogens with zero attached hydrogens (tertiary/aromatic N) is 1. The second kappa shape index (κ2) is 9.94. The number of benzene rings is 2. The summed E-state index contributed by atoms with van der Waals surface area (Å²) in [4.78, 5) is 30.2. The molecule has 0 bridgehead atoms. The molecule has 1 saturated heterocycles. The maximum absolute atomic E-state index is 12.5. The summed E-state index contributed by atoms with van der Waals surface area (Å²) in [5, 5.41) is 12.5. The Morgan fingerprint density at radius 1 is 1.06 bits per heavy atom. The minimum Gasteiger partial charge on any atom is -0.393 e. The number of hydrogen-bond donors (Lipinski definition) is 3. The van der Waals surface area contributed by atoms with Crippen molar-refractivity contribution in [3.8, 4) is 11.3 Å². The zero-order valence-corrected chi connectivity index (χ0v) is 18.3. The Bertz CT molecular complexity index is 1130. The average molecular weight is 432 g/mol. The highest BCUT2D eigenvalue weighted by Crippen LogP contribution is 2.17. The van der Waals surface area contributed by atoms with Crippen LogP contribution in [0.15, 0.2) is 65.5 Å². The molecule has 6 nitrogen and oxygen atoms in total. The van der Waals surface area contributed by atoms with Crippen LogP contribution >= 0.6 is 0 Å². The molecule has 3 N–H and O–H groups in total. The number of amides is 1. The van der Waals surface area contributed by atoms with Gasteiger partial charge in [0, 0.05) is 31.9 Å². The van der Waals surface area contributed by atoms with Gasteiger partial charge in [-0.25, -0.2) is 0 Å². The number of aliphatic hydroxyl groups excluding tert-OH is 1. The summed E-state index contributed by atoms with van der Waals surface area (Å²) >= 11 is 0. The van der Waals surface area contributed by atoms with Gasteiger partial charge in [0.1, 0.15) is 5.56 Å². The van der Waals surface area contributed by atoms with Gasteiger partial charge >= 0.3 is 0 Å². The summed E-state index contributed by atoms with van der Waals surface area (Å²) in [6.07, 6.45) is 1.49. The van der Waals surface area contributed by atoms with Gasteiger partial charge in [0.05, 0.1) is 6.10 Å². The number of likely N-dealkylation sites (tertiary alicyclic amines) is 1. The van der Waals surface area contributed by atoms with Crippen molar-refractivity contribution < 1.29 is 9.90 Å². The maximum atomic E-state index is 12.5. The molecule has 1 aliphatic heterocycles. The molecule has 0 unspecified atom stereocenters. The van der Waals surface area contributed by atoms with Crippen molar-refractivity contribution in [2.45, 2.75) is 39.0 Å². The number of hydrogen-bond acceptors (Lipinski definition) is 4. The van der Waals surface area contributed by atoms with Gasteiger partial charge in [-0.15, -0.1) is 0 Å². The maximum Gasteiger partial charge on any atom is 0.261 e. The Morgan fingerprint density at radius 3 is 2.47 bits per heavy atom. The molecule has 3 aromatic rings. The van der Waals surface area contributed by atoms with Crippen LogP contribution in [0.2, 0.25) is 0 Å². The fraction of sp³-hybridized carbons (Fsp3) is 0.308. The van der Waals surface area contributed by atoms with Crippen molar-refractivity contribution in [1.82, 2.24) is 15.2 Å². The Morgan fingerprint density at radius 2 is 1.78 bits per heavy atom. The number of pyridine rings is 1. The van der Waals surface area contributed by atoms with E-state index in [1.807, 2.05) is 43.3 Å². The minimum atomic E-state index is -0.400. The fourth-order valence-electron chi connectivity index (χ4n) is 4.01. The van der Waals surface area contributed by atoms with E-state index in [9.17, 15) is 14.7 Å². The first-order chi connectivity index (χ1) is 15.5. The van der Waals surface area contributed by atoms with E-state index in [1.165, 1.54) is 5.56 Å². The van der Waals surface area contributed by atoms with Gasteiger partial charge in [0.25, 0.3) is 11.5 Å². The lowest BCUT2D eigenvalue weighted by Crippen LogP contribution is -2.35. The van der Waals surface area contributed by atoms with E-state index in [1.54, 1.807) is 12.1 Å². The van der Waals surface area contributed by atoms with Gasteiger partial charge < -0.3 is 15.4 Å². The highest BCUT2D eigenvalue weighted by Gasteiger charge is 2.17. The summed E-state index contributed by atoms with van der Waals surface area (Å²) in [5.74, 6) is -0.391. The van der Waals surface area contributed by atoms with Gasteiger partial charge in [-0.3, -0.25) is 14.5 Å². The van der Waals surface area contributed by atoms with Crippen molar-refractivity contribution in [3.63, 3.8) is 0 Å². The molecule has 0 spiro atoms. The number of aromatic nitrogens is 1. The van der Waals surface area contributed by atoms with E-state index in [0.29, 0.717) is 12.2 Å². The second-order valence-electron chi connectivity index (χ2n) is 8.49. The van der Waals surface area contributed by atoms with Crippen LogP contribution < -0.4 is 10.9 Å². The van der Waals surface area contributed by atoms with Gasteiger partial charge in [0.15, 0.2) is 0 Å². The van der Waals surface area contributed by atoms with E-state index in [2.05, 4.69) is 27.3 Å². The van der Waals surface area contributed by atoms with E-state index >= 15 is 0 Å². The average Bonchev–Trinajstić information content (AvgIpc) is 2.80. The van der Waals surface area contributed by atoms with E-state index in [4.69, 9.17) is 0 Å². The quantitative estimate of drug-likeness (QED) is 0.559. The van der Waals surface area contributed by atoms with Crippen LogP contribution in [-0.4, -0.2) is 40.1 Å². The SMILES string of the molecule is Cc1cccc(-c2ccc(C(=O)NCc3ccc(CN4CCC(O)CC4)cc3)c(=O)[nH]2)c1. The summed E-state index contributed by atoms with van der Waals surface area (Å²) in [6, 6.07) is 19.3. The number of H-pyrrole nitrogens is 1. The highest BCUT2D eigenvalue weighted by molar-refractivity contribution is 5.94. The number of rotatable bonds is 6. The lowest BCUT2D eigenvalue weighted by atomic mass is 10.1. The number of piperidine rings is 1. The first kappa shape index (κ1) is 22.0. The first-order valence-corrected chi connectivity index (χ1v) is 11.0. The molecule has 0 radical (unpaired) electrons. The third kappa shape index (κ3) is 5.52. The second-order valence-corrected chi connectivity index (χ2v) is 8.49. The Labute approximate surface area is 187 Å². The molecule has 0 saturated carbocycles. The summed E-state index contributed by atoms with van der Waals surface area (Å²) < 4.78 is 0. The molecule has 0 atom stereocenters. The van der Waals surface area contributed by atoms with Crippen LogP contribution in [0.3, 0.4) is 0 Å². The normalized spacial score (nSPS) is 14.9. The van der Waals surface area contributed by atoms with Crippen molar-refractivity contribution in [2.75, 3.05) is 13.1 Å². The third-order valence-electron chi connectivity index (χ3n) is 5.92. The Balaban J connectivity index is 1.34. The van der Waals surface area contributed by atoms with Gasteiger partial charge in [0.2, 0.25) is 0 Å². The third-order valence-corrected chi connectivity index (χ3v) is 5.92. The zero-order valence-electron chi connectivity index (χ0n) is 18.3. The van der Waals surface area contributed by atoms with Crippen LogP contribution in [0.1, 0.15) is 39.9 Å². The highest BCUT2D eigenvalue weighted by atomic mass is 16.3. The van der Waals surface area contributed by atoms with Crippen LogP contribution in [-0.2, 0) is 13.1 Å². The van der Waals surface area contributed by atoms with E-state index in [0.717, 1.165) is 49.2 Å². The van der Waals surface area contributed by atoms with Gasteiger partial charge in [-0.2, -0.15) is 0 Å². The molecule has 1 amide bonds. The lowest BCUT2D eigenvalue weighted by molar-refractivity contribution is 0.0792. The summed E-state index contributed by atoms with van der Waals surface area (Å²) in [7, 11) is 0. The first-order valence-electron chi connectivity index (χ1n) is 11.0. The topological polar surface area (TPSA) is 85.4 Å². The predicted molar refractivity (Wildman–Crippen MR) is 125 cm³/mol. The van der Waals surface area contributed by atoms with Crippen LogP contribution in [0, 0.1) is 6.92 Å². The zero-order chi connectivity index (χ0) is 22.5. The number of aliphatic hydroxyl groups is 1. The number of aryl methyl sites for hydroxylation is 1. The molecule has 1 aromatic heterocycles. The number of carbonyl (C=O) groups excluding carboxylic acids is 1.